The second-order valence-corrected chi connectivity index (χ2v) is 5.30. The Hall–Kier alpha value is -0.290. The van der Waals surface area contributed by atoms with Crippen molar-refractivity contribution < 1.29 is 9.53 Å². The summed E-state index contributed by atoms with van der Waals surface area (Å²) < 4.78 is 5.81. The number of rotatable bonds is 6. The van der Waals surface area contributed by atoms with Gasteiger partial charge in [0.1, 0.15) is 0 Å². The number of carbonyl (C=O) groups excluding carboxylic acids is 1. The van der Waals surface area contributed by atoms with Gasteiger partial charge in [-0.2, -0.15) is 0 Å². The second kappa shape index (κ2) is 8.00. The highest BCUT2D eigenvalue weighted by molar-refractivity contribution is 9.10. The minimum Gasteiger partial charge on any atom is -0.383 e. The summed E-state index contributed by atoms with van der Waals surface area (Å²) in [6.07, 6.45) is 0. The van der Waals surface area contributed by atoms with Gasteiger partial charge >= 0.3 is 0 Å². The average molecular weight is 355 g/mol. The number of hydrogen-bond acceptors (Lipinski definition) is 2. The molecule has 0 heterocycles. The van der Waals surface area contributed by atoms with E-state index in [2.05, 4.69) is 15.9 Å². The number of hydrogen-bond donors (Lipinski definition) is 0. The van der Waals surface area contributed by atoms with Crippen molar-refractivity contribution in [1.29, 1.82) is 0 Å². The first-order valence-corrected chi connectivity index (χ1v) is 7.10. The number of amides is 1. The molecule has 1 rings (SSSR count). The molecular weight excluding hydrogens is 341 g/mol. The topological polar surface area (TPSA) is 29.5 Å². The van der Waals surface area contributed by atoms with Crippen LogP contribution < -0.4 is 0 Å². The van der Waals surface area contributed by atoms with E-state index in [0.29, 0.717) is 36.2 Å². The fourth-order valence-electron chi connectivity index (χ4n) is 1.45. The van der Waals surface area contributed by atoms with Crippen LogP contribution in [0.25, 0.3) is 0 Å². The number of methoxy groups -OCH3 is 1. The summed E-state index contributed by atoms with van der Waals surface area (Å²) in [6.45, 7) is 1.43. The molecule has 0 saturated heterocycles. The number of nitrogens with zero attached hydrogens (tertiary/aromatic N) is 1. The van der Waals surface area contributed by atoms with Crippen LogP contribution in [0.5, 0.6) is 0 Å². The van der Waals surface area contributed by atoms with Gasteiger partial charge < -0.3 is 9.64 Å². The third-order valence-corrected chi connectivity index (χ3v) is 3.34. The number of halogens is 3. The first-order valence-electron chi connectivity index (χ1n) is 5.39. The maximum atomic E-state index is 12.3. The predicted octanol–water partition coefficient (Wildman–Crippen LogP) is 3.43. The molecule has 0 N–H and O–H groups in total. The van der Waals surface area contributed by atoms with Crippen molar-refractivity contribution in [3.63, 3.8) is 0 Å². The van der Waals surface area contributed by atoms with E-state index in [9.17, 15) is 4.79 Å². The molecule has 0 spiro atoms. The van der Waals surface area contributed by atoms with Gasteiger partial charge in [0.15, 0.2) is 0 Å². The number of carbonyl (C=O) groups is 1. The van der Waals surface area contributed by atoms with Crippen LogP contribution in [-0.4, -0.2) is 43.5 Å². The van der Waals surface area contributed by atoms with Gasteiger partial charge in [-0.25, -0.2) is 0 Å². The maximum Gasteiger partial charge on any atom is 0.255 e. The summed E-state index contributed by atoms with van der Waals surface area (Å²) in [6, 6.07) is 5.18. The van der Waals surface area contributed by atoms with Gasteiger partial charge in [-0.05, 0) is 18.2 Å². The Labute approximate surface area is 125 Å². The molecule has 0 aliphatic heterocycles. The molecule has 0 aromatic heterocycles. The zero-order valence-electron chi connectivity index (χ0n) is 9.96. The molecule has 1 aromatic carbocycles. The largest absolute Gasteiger partial charge is 0.383 e. The fourth-order valence-corrected chi connectivity index (χ4v) is 2.41. The maximum absolute atomic E-state index is 12.3. The standard InChI is InChI=1S/C12H14BrCl2NO2/c1-18-7-6-16(5-4-14)12(17)10-3-2-9(13)8-11(10)15/h2-3,8H,4-7H2,1H3. The lowest BCUT2D eigenvalue weighted by molar-refractivity contribution is 0.0708. The molecule has 0 unspecified atom stereocenters. The van der Waals surface area contributed by atoms with Crippen molar-refractivity contribution in [2.45, 2.75) is 0 Å². The third-order valence-electron chi connectivity index (χ3n) is 2.37. The molecule has 1 amide bonds. The summed E-state index contributed by atoms with van der Waals surface area (Å²) in [5.74, 6) is 0.244. The Morgan fingerprint density at radius 1 is 1.44 bits per heavy atom. The molecule has 100 valence electrons. The normalized spacial score (nSPS) is 10.4. The van der Waals surface area contributed by atoms with Crippen LogP contribution in [0.4, 0.5) is 0 Å². The van der Waals surface area contributed by atoms with Crippen molar-refractivity contribution in [3.05, 3.63) is 33.3 Å². The van der Waals surface area contributed by atoms with E-state index in [-0.39, 0.29) is 5.91 Å². The van der Waals surface area contributed by atoms with E-state index >= 15 is 0 Å². The molecule has 18 heavy (non-hydrogen) atoms. The highest BCUT2D eigenvalue weighted by Gasteiger charge is 2.17. The molecule has 0 radical (unpaired) electrons. The third kappa shape index (κ3) is 4.43. The zero-order chi connectivity index (χ0) is 13.5. The molecule has 0 bridgehead atoms. The van der Waals surface area contributed by atoms with Crippen LogP contribution in [0.2, 0.25) is 5.02 Å². The van der Waals surface area contributed by atoms with Gasteiger partial charge in [-0.15, -0.1) is 11.6 Å². The molecular formula is C12H14BrCl2NO2. The van der Waals surface area contributed by atoms with Crippen molar-refractivity contribution in [2.24, 2.45) is 0 Å². The molecule has 0 saturated carbocycles. The highest BCUT2D eigenvalue weighted by atomic mass is 79.9. The van der Waals surface area contributed by atoms with Crippen LogP contribution in [0, 0.1) is 0 Å². The Bertz CT molecular complexity index is 415. The summed E-state index contributed by atoms with van der Waals surface area (Å²) in [4.78, 5) is 13.9. The first-order chi connectivity index (χ1) is 8.60. The SMILES string of the molecule is COCCN(CCCl)C(=O)c1ccc(Br)cc1Cl. The van der Waals surface area contributed by atoms with Gasteiger partial charge in [0.25, 0.3) is 5.91 Å². The minimum atomic E-state index is -0.134. The molecule has 0 aliphatic carbocycles. The zero-order valence-corrected chi connectivity index (χ0v) is 13.1. The Morgan fingerprint density at radius 2 is 2.17 bits per heavy atom. The second-order valence-electron chi connectivity index (χ2n) is 3.60. The Morgan fingerprint density at radius 3 is 2.72 bits per heavy atom. The quantitative estimate of drug-likeness (QED) is 0.732. The van der Waals surface area contributed by atoms with E-state index in [1.807, 2.05) is 0 Å². The lowest BCUT2D eigenvalue weighted by atomic mass is 10.2. The molecule has 6 heteroatoms. The molecule has 0 fully saturated rings. The van der Waals surface area contributed by atoms with Crippen LogP contribution in [0.3, 0.4) is 0 Å². The van der Waals surface area contributed by atoms with E-state index in [4.69, 9.17) is 27.9 Å². The first kappa shape index (κ1) is 15.8. The summed E-state index contributed by atoms with van der Waals surface area (Å²) in [7, 11) is 1.59. The number of ether oxygens (including phenoxy) is 1. The Balaban J connectivity index is 2.87. The van der Waals surface area contributed by atoms with Crippen LogP contribution in [0.15, 0.2) is 22.7 Å². The van der Waals surface area contributed by atoms with Crippen LogP contribution in [-0.2, 0) is 4.74 Å². The van der Waals surface area contributed by atoms with Crippen molar-refractivity contribution in [2.75, 3.05) is 32.7 Å². The predicted molar refractivity (Wildman–Crippen MR) is 77.7 cm³/mol. The summed E-state index contributed by atoms with van der Waals surface area (Å²) in [5, 5.41) is 0.423. The molecule has 0 atom stereocenters. The van der Waals surface area contributed by atoms with Gasteiger partial charge in [0.05, 0.1) is 17.2 Å². The summed E-state index contributed by atoms with van der Waals surface area (Å²) >= 11 is 15.1. The van der Waals surface area contributed by atoms with E-state index in [0.717, 1.165) is 4.47 Å². The Kier molecular flexibility index (Phi) is 7.00. The highest BCUT2D eigenvalue weighted by Crippen LogP contribution is 2.22. The van der Waals surface area contributed by atoms with Gasteiger partial charge in [0, 0.05) is 30.6 Å². The fraction of sp³-hybridized carbons (Fsp3) is 0.417. The number of alkyl halides is 1. The summed E-state index contributed by atoms with van der Waals surface area (Å²) in [5.41, 5.74) is 0.473. The van der Waals surface area contributed by atoms with Gasteiger partial charge in [0.2, 0.25) is 0 Å². The smallest absolute Gasteiger partial charge is 0.255 e. The van der Waals surface area contributed by atoms with Gasteiger partial charge in [-0.3, -0.25) is 4.79 Å². The van der Waals surface area contributed by atoms with E-state index in [1.54, 1.807) is 30.2 Å². The van der Waals surface area contributed by atoms with Crippen molar-refractivity contribution in [1.82, 2.24) is 4.90 Å². The van der Waals surface area contributed by atoms with Crippen molar-refractivity contribution >= 4 is 45.0 Å². The molecule has 0 aliphatic rings. The molecule has 3 nitrogen and oxygen atoms in total. The minimum absolute atomic E-state index is 0.134. The van der Waals surface area contributed by atoms with E-state index < -0.39 is 0 Å². The van der Waals surface area contributed by atoms with E-state index in [1.165, 1.54) is 0 Å². The van der Waals surface area contributed by atoms with Crippen LogP contribution in [0.1, 0.15) is 10.4 Å². The van der Waals surface area contributed by atoms with Gasteiger partial charge in [-0.1, -0.05) is 27.5 Å². The lowest BCUT2D eigenvalue weighted by Gasteiger charge is -2.21. The number of benzene rings is 1. The van der Waals surface area contributed by atoms with Crippen molar-refractivity contribution in [3.8, 4) is 0 Å². The lowest BCUT2D eigenvalue weighted by Crippen LogP contribution is -2.35. The van der Waals surface area contributed by atoms with Crippen LogP contribution >= 0.6 is 39.1 Å². The molecule has 1 aromatic rings. The monoisotopic (exact) mass is 353 g/mol. The average Bonchev–Trinajstić information content (AvgIpc) is 2.33.